The van der Waals surface area contributed by atoms with E-state index in [9.17, 15) is 9.59 Å². The van der Waals surface area contributed by atoms with E-state index in [1.54, 1.807) is 35.2 Å². The van der Waals surface area contributed by atoms with Crippen molar-refractivity contribution in [1.82, 2.24) is 9.88 Å². The van der Waals surface area contributed by atoms with Gasteiger partial charge in [0.25, 0.3) is 5.56 Å². The van der Waals surface area contributed by atoms with Gasteiger partial charge in [-0.25, -0.2) is 4.79 Å². The number of aromatic nitrogens is 1. The average Bonchev–Trinajstić information content (AvgIpc) is 2.77. The van der Waals surface area contributed by atoms with Crippen molar-refractivity contribution in [1.29, 1.82) is 0 Å². The van der Waals surface area contributed by atoms with E-state index in [4.69, 9.17) is 23.2 Å². The number of nitrogens with zero attached hydrogens (tertiary/aromatic N) is 1. The molecule has 3 aromatic carbocycles. The molecule has 0 aliphatic heterocycles. The summed E-state index contributed by atoms with van der Waals surface area (Å²) in [5.41, 5.74) is 3.49. The van der Waals surface area contributed by atoms with Gasteiger partial charge < -0.3 is 15.2 Å². The molecular formula is C25H21Cl2N3O2. The first kappa shape index (κ1) is 21.9. The molecule has 0 atom stereocenters. The zero-order valence-corrected chi connectivity index (χ0v) is 18.9. The van der Waals surface area contributed by atoms with Crippen LogP contribution < -0.4 is 10.9 Å². The van der Waals surface area contributed by atoms with Crippen molar-refractivity contribution in [3.05, 3.63) is 110 Å². The van der Waals surface area contributed by atoms with E-state index in [1.807, 2.05) is 49.4 Å². The number of benzene rings is 3. The number of hydrogen-bond donors (Lipinski definition) is 2. The fourth-order valence-corrected chi connectivity index (χ4v) is 3.78. The monoisotopic (exact) mass is 465 g/mol. The molecule has 0 radical (unpaired) electrons. The van der Waals surface area contributed by atoms with E-state index in [1.165, 1.54) is 0 Å². The van der Waals surface area contributed by atoms with Gasteiger partial charge in [-0.3, -0.25) is 4.79 Å². The van der Waals surface area contributed by atoms with Crippen molar-refractivity contribution in [2.75, 3.05) is 5.32 Å². The van der Waals surface area contributed by atoms with Crippen LogP contribution in [0.3, 0.4) is 0 Å². The molecule has 1 aromatic heterocycles. The van der Waals surface area contributed by atoms with Crippen LogP contribution in [-0.2, 0) is 13.1 Å². The Labute approximate surface area is 195 Å². The summed E-state index contributed by atoms with van der Waals surface area (Å²) in [4.78, 5) is 30.4. The third-order valence-corrected chi connectivity index (χ3v) is 5.76. The number of halogens is 2. The van der Waals surface area contributed by atoms with Crippen LogP contribution in [0.2, 0.25) is 10.0 Å². The number of carbonyl (C=O) groups is 1. The average molecular weight is 466 g/mol. The number of nitrogens with one attached hydrogen (secondary N) is 2. The normalized spacial score (nSPS) is 10.8. The highest BCUT2D eigenvalue weighted by molar-refractivity contribution is 6.31. The predicted molar refractivity (Wildman–Crippen MR) is 130 cm³/mol. The van der Waals surface area contributed by atoms with Crippen LogP contribution in [0.15, 0.2) is 77.6 Å². The largest absolute Gasteiger partial charge is 0.322 e. The fraction of sp³-hybridized carbons (Fsp3) is 0.120. The van der Waals surface area contributed by atoms with E-state index < -0.39 is 0 Å². The Kier molecular flexibility index (Phi) is 6.49. The van der Waals surface area contributed by atoms with Gasteiger partial charge in [-0.2, -0.15) is 0 Å². The number of aryl methyl sites for hydroxylation is 1. The minimum absolute atomic E-state index is 0.115. The Morgan fingerprint density at radius 2 is 1.66 bits per heavy atom. The summed E-state index contributed by atoms with van der Waals surface area (Å²) in [6.07, 6.45) is 0. The third-order valence-electron chi connectivity index (χ3n) is 5.14. The summed E-state index contributed by atoms with van der Waals surface area (Å²) in [6.45, 7) is 2.35. The number of fused-ring (bicyclic) bond motifs is 1. The molecule has 1 heterocycles. The Morgan fingerprint density at radius 1 is 0.938 bits per heavy atom. The minimum Gasteiger partial charge on any atom is -0.322 e. The Bertz CT molecular complexity index is 1330. The number of urea groups is 1. The maximum absolute atomic E-state index is 13.2. The molecule has 0 aliphatic carbocycles. The predicted octanol–water partition coefficient (Wildman–Crippen LogP) is 6.38. The maximum Gasteiger partial charge on any atom is 0.322 e. The number of hydrogen-bond acceptors (Lipinski definition) is 2. The molecule has 2 N–H and O–H groups in total. The van der Waals surface area contributed by atoms with Gasteiger partial charge in [0.15, 0.2) is 0 Å². The molecule has 2 amide bonds. The number of carbonyl (C=O) groups excluding carboxylic acids is 1. The Balaban J connectivity index is 1.67. The molecule has 0 aliphatic rings. The molecule has 0 saturated carbocycles. The maximum atomic E-state index is 13.2. The molecular weight excluding hydrogens is 445 g/mol. The van der Waals surface area contributed by atoms with Crippen LogP contribution in [0.25, 0.3) is 10.9 Å². The summed E-state index contributed by atoms with van der Waals surface area (Å²) >= 11 is 12.3. The summed E-state index contributed by atoms with van der Waals surface area (Å²) in [7, 11) is 0. The summed E-state index contributed by atoms with van der Waals surface area (Å²) < 4.78 is 0. The van der Waals surface area contributed by atoms with Crippen molar-refractivity contribution >= 4 is 45.8 Å². The highest BCUT2D eigenvalue weighted by Gasteiger charge is 2.18. The van der Waals surface area contributed by atoms with Gasteiger partial charge in [0, 0.05) is 33.4 Å². The summed E-state index contributed by atoms with van der Waals surface area (Å²) in [5.74, 6) is 0. The molecule has 0 spiro atoms. The van der Waals surface area contributed by atoms with Crippen molar-refractivity contribution in [3.63, 3.8) is 0 Å². The smallest absolute Gasteiger partial charge is 0.322 e. The number of rotatable bonds is 5. The standard InChI is InChI=1S/C25H21Cl2N3O2/c1-16-6-11-23-18(12-16)13-19(24(31)29-23)15-30(14-17-4-2-3-5-22(17)27)25(32)28-21-9-7-20(26)8-10-21/h2-13H,14-15H2,1H3,(H,28,32)(H,29,31). The number of amides is 2. The third kappa shape index (κ3) is 5.13. The van der Waals surface area contributed by atoms with Crippen molar-refractivity contribution in [2.24, 2.45) is 0 Å². The quantitative estimate of drug-likeness (QED) is 0.359. The molecule has 0 bridgehead atoms. The van der Waals surface area contributed by atoms with Crippen LogP contribution in [0.5, 0.6) is 0 Å². The lowest BCUT2D eigenvalue weighted by molar-refractivity contribution is 0.206. The fourth-order valence-electron chi connectivity index (χ4n) is 3.46. The molecule has 162 valence electrons. The van der Waals surface area contributed by atoms with Gasteiger partial charge in [-0.15, -0.1) is 0 Å². The van der Waals surface area contributed by atoms with Crippen LogP contribution in [0.4, 0.5) is 10.5 Å². The number of anilines is 1. The molecule has 32 heavy (non-hydrogen) atoms. The second-order valence-corrected chi connectivity index (χ2v) is 8.44. The highest BCUT2D eigenvalue weighted by Crippen LogP contribution is 2.21. The van der Waals surface area contributed by atoms with Crippen molar-refractivity contribution < 1.29 is 4.79 Å². The number of H-pyrrole nitrogens is 1. The SMILES string of the molecule is Cc1ccc2[nH]c(=O)c(CN(Cc3ccccc3Cl)C(=O)Nc3ccc(Cl)cc3)cc2c1. The molecule has 4 rings (SSSR count). The van der Waals surface area contributed by atoms with Crippen LogP contribution in [0, 0.1) is 6.92 Å². The molecule has 4 aromatic rings. The number of pyridine rings is 1. The van der Waals surface area contributed by atoms with Crippen LogP contribution in [-0.4, -0.2) is 15.9 Å². The highest BCUT2D eigenvalue weighted by atomic mass is 35.5. The van der Waals surface area contributed by atoms with E-state index in [0.717, 1.165) is 22.0 Å². The number of aromatic amines is 1. The molecule has 0 fully saturated rings. The second-order valence-electron chi connectivity index (χ2n) is 7.60. The molecule has 7 heteroatoms. The summed E-state index contributed by atoms with van der Waals surface area (Å²) in [5, 5.41) is 4.91. The molecule has 0 saturated heterocycles. The first-order valence-electron chi connectivity index (χ1n) is 10.1. The van der Waals surface area contributed by atoms with Gasteiger partial charge in [0.2, 0.25) is 0 Å². The molecule has 0 unspecified atom stereocenters. The Hall–Kier alpha value is -3.28. The van der Waals surface area contributed by atoms with Gasteiger partial charge in [-0.05, 0) is 66.4 Å². The van der Waals surface area contributed by atoms with E-state index in [-0.39, 0.29) is 24.7 Å². The summed E-state index contributed by atoms with van der Waals surface area (Å²) in [6, 6.07) is 21.5. The first-order chi connectivity index (χ1) is 15.4. The van der Waals surface area contributed by atoms with Gasteiger partial charge in [-0.1, -0.05) is 53.0 Å². The lowest BCUT2D eigenvalue weighted by Gasteiger charge is -2.24. The first-order valence-corrected chi connectivity index (χ1v) is 10.8. The van der Waals surface area contributed by atoms with Gasteiger partial charge in [0.1, 0.15) is 0 Å². The Morgan fingerprint density at radius 3 is 2.41 bits per heavy atom. The van der Waals surface area contributed by atoms with Crippen molar-refractivity contribution in [2.45, 2.75) is 20.0 Å². The van der Waals surface area contributed by atoms with Gasteiger partial charge >= 0.3 is 6.03 Å². The van der Waals surface area contributed by atoms with Gasteiger partial charge in [0.05, 0.1) is 6.54 Å². The van der Waals surface area contributed by atoms with Crippen LogP contribution in [0.1, 0.15) is 16.7 Å². The zero-order chi connectivity index (χ0) is 22.7. The molecule has 5 nitrogen and oxygen atoms in total. The topological polar surface area (TPSA) is 65.2 Å². The lowest BCUT2D eigenvalue weighted by atomic mass is 10.1. The van der Waals surface area contributed by atoms with E-state index in [2.05, 4.69) is 10.3 Å². The lowest BCUT2D eigenvalue weighted by Crippen LogP contribution is -2.35. The minimum atomic E-state index is -0.351. The van der Waals surface area contributed by atoms with E-state index in [0.29, 0.717) is 21.3 Å². The van der Waals surface area contributed by atoms with Crippen LogP contribution >= 0.6 is 23.2 Å². The zero-order valence-electron chi connectivity index (χ0n) is 17.4. The second kappa shape index (κ2) is 9.47. The van der Waals surface area contributed by atoms with E-state index >= 15 is 0 Å². The van der Waals surface area contributed by atoms with Crippen molar-refractivity contribution in [3.8, 4) is 0 Å².